The van der Waals surface area contributed by atoms with Crippen LogP contribution in [0.5, 0.6) is 5.75 Å². The highest BCUT2D eigenvalue weighted by Crippen LogP contribution is 2.43. The Hall–Kier alpha value is -3.72. The van der Waals surface area contributed by atoms with E-state index in [9.17, 15) is 0 Å². The number of nitrogens with zero attached hydrogens (tertiary/aromatic N) is 6. The van der Waals surface area contributed by atoms with E-state index >= 15 is 0 Å². The van der Waals surface area contributed by atoms with Crippen molar-refractivity contribution in [3.8, 4) is 5.75 Å². The quantitative estimate of drug-likeness (QED) is 0.417. The fourth-order valence-electron chi connectivity index (χ4n) is 4.64. The van der Waals surface area contributed by atoms with Crippen LogP contribution in [0.1, 0.15) is 48.6 Å². The fraction of sp³-hybridized carbons (Fsp3) is 0.280. The van der Waals surface area contributed by atoms with Crippen LogP contribution in [0.3, 0.4) is 0 Å². The number of thiocarbonyl (C=S) groups is 1. The van der Waals surface area contributed by atoms with Crippen molar-refractivity contribution in [2.75, 3.05) is 4.90 Å². The van der Waals surface area contributed by atoms with Crippen molar-refractivity contribution in [2.24, 2.45) is 0 Å². The number of pyridine rings is 1. The van der Waals surface area contributed by atoms with Gasteiger partial charge in [-0.15, -0.1) is 10.2 Å². The Kier molecular flexibility index (Phi) is 5.79. The van der Waals surface area contributed by atoms with E-state index in [0.29, 0.717) is 5.11 Å². The summed E-state index contributed by atoms with van der Waals surface area (Å²) in [6, 6.07) is 16.0. The Morgan fingerprint density at radius 3 is 2.41 bits per heavy atom. The van der Waals surface area contributed by atoms with Crippen molar-refractivity contribution in [3.05, 3.63) is 90.0 Å². The Morgan fingerprint density at radius 1 is 1.03 bits per heavy atom. The normalized spacial score (nSPS) is 17.9. The highest BCUT2D eigenvalue weighted by atomic mass is 32.1. The number of hydrogen-bond donors (Lipinski definition) is 1. The Balaban J connectivity index is 1.62. The van der Waals surface area contributed by atoms with Crippen LogP contribution >= 0.6 is 12.2 Å². The van der Waals surface area contributed by atoms with Crippen molar-refractivity contribution in [1.82, 2.24) is 29.9 Å². The molecule has 0 spiro atoms. The van der Waals surface area contributed by atoms with Crippen molar-refractivity contribution >= 4 is 23.0 Å². The monoisotopic (exact) mass is 473 g/mol. The number of aryl methyl sites for hydroxylation is 1. The van der Waals surface area contributed by atoms with E-state index in [1.54, 1.807) is 12.7 Å². The number of anilines is 1. The van der Waals surface area contributed by atoms with E-state index in [1.807, 2.05) is 55.1 Å². The van der Waals surface area contributed by atoms with Gasteiger partial charge in [-0.25, -0.2) is 4.68 Å². The first-order valence-electron chi connectivity index (χ1n) is 11.3. The first-order valence-corrected chi connectivity index (χ1v) is 11.7. The average molecular weight is 474 g/mol. The first-order chi connectivity index (χ1) is 16.4. The minimum atomic E-state index is -0.116. The highest BCUT2D eigenvalue weighted by Gasteiger charge is 2.42. The molecule has 1 aliphatic heterocycles. The number of nitrogens with one attached hydrogen (secondary N) is 1. The van der Waals surface area contributed by atoms with E-state index in [0.717, 1.165) is 34.1 Å². The van der Waals surface area contributed by atoms with E-state index in [2.05, 4.69) is 62.1 Å². The second kappa shape index (κ2) is 8.90. The Bertz CT molecular complexity index is 1280. The number of hydrogen-bond acceptors (Lipinski definition) is 5. The molecule has 1 aliphatic rings. The average Bonchev–Trinajstić information content (AvgIpc) is 3.52. The van der Waals surface area contributed by atoms with E-state index < -0.39 is 0 Å². The molecule has 4 aromatic rings. The molecule has 0 unspecified atom stereocenters. The van der Waals surface area contributed by atoms with Crippen LogP contribution in [0.25, 0.3) is 0 Å². The van der Waals surface area contributed by atoms with E-state index in [1.165, 1.54) is 0 Å². The number of aromatic nitrogens is 5. The predicted octanol–water partition coefficient (Wildman–Crippen LogP) is 4.37. The molecule has 8 nitrogen and oxygen atoms in total. The predicted molar refractivity (Wildman–Crippen MR) is 135 cm³/mol. The van der Waals surface area contributed by atoms with Crippen LogP contribution in [0, 0.1) is 13.8 Å². The topological polar surface area (TPSA) is 73.0 Å². The molecular formula is C25H27N7OS. The smallest absolute Gasteiger partial charge is 0.174 e. The molecule has 5 rings (SSSR count). The lowest BCUT2D eigenvalue weighted by molar-refractivity contribution is 0.242. The Labute approximate surface area is 204 Å². The molecule has 4 heterocycles. The van der Waals surface area contributed by atoms with Gasteiger partial charge in [-0.3, -0.25) is 9.66 Å². The van der Waals surface area contributed by atoms with Crippen LogP contribution in [0.4, 0.5) is 5.69 Å². The molecule has 0 saturated carbocycles. The maximum atomic E-state index is 5.87. The number of ether oxygens (including phenoxy) is 1. The lowest BCUT2D eigenvalue weighted by Crippen LogP contribution is -2.29. The zero-order chi connectivity index (χ0) is 23.8. The summed E-state index contributed by atoms with van der Waals surface area (Å²) >= 11 is 5.87. The summed E-state index contributed by atoms with van der Waals surface area (Å²) in [6.45, 7) is 8.23. The van der Waals surface area contributed by atoms with Crippen molar-refractivity contribution < 1.29 is 4.74 Å². The van der Waals surface area contributed by atoms with Crippen LogP contribution in [0.15, 0.2) is 67.4 Å². The first kappa shape index (κ1) is 22.1. The zero-order valence-electron chi connectivity index (χ0n) is 19.6. The molecule has 3 aromatic heterocycles. The maximum absolute atomic E-state index is 5.87. The molecule has 0 radical (unpaired) electrons. The minimum Gasteiger partial charge on any atom is -0.491 e. The largest absolute Gasteiger partial charge is 0.491 e. The molecule has 1 N–H and O–H groups in total. The molecule has 0 amide bonds. The summed E-state index contributed by atoms with van der Waals surface area (Å²) in [6.07, 6.45) is 5.33. The molecule has 1 saturated heterocycles. The van der Waals surface area contributed by atoms with Gasteiger partial charge in [0.2, 0.25) is 0 Å². The standard InChI is InChI=1S/C25H27N7OS/c1-16(2)33-20-10-8-19(9-11-20)31-24(23(29-25(31)34)22-7-5-6-12-26-22)21-13-17(3)32(18(21)4)30-14-27-28-15-30/h5-16,23-24H,1-4H3,(H,29,34)/t23-,24+/m0/s1. The number of rotatable bonds is 6. The molecule has 174 valence electrons. The number of benzene rings is 1. The van der Waals surface area contributed by atoms with Gasteiger partial charge in [-0.1, -0.05) is 6.07 Å². The molecule has 2 atom stereocenters. The van der Waals surface area contributed by atoms with Gasteiger partial charge in [0.1, 0.15) is 18.4 Å². The van der Waals surface area contributed by atoms with Crippen LogP contribution in [-0.4, -0.2) is 35.7 Å². The van der Waals surface area contributed by atoms with E-state index in [-0.39, 0.29) is 18.2 Å². The Morgan fingerprint density at radius 2 is 1.76 bits per heavy atom. The van der Waals surface area contributed by atoms with Gasteiger partial charge < -0.3 is 15.0 Å². The van der Waals surface area contributed by atoms with Crippen molar-refractivity contribution in [2.45, 2.75) is 45.9 Å². The highest BCUT2D eigenvalue weighted by molar-refractivity contribution is 7.80. The summed E-state index contributed by atoms with van der Waals surface area (Å²) in [5.74, 6) is 0.834. The second-order valence-electron chi connectivity index (χ2n) is 8.64. The molecule has 9 heteroatoms. The van der Waals surface area contributed by atoms with Gasteiger partial charge >= 0.3 is 0 Å². The van der Waals surface area contributed by atoms with E-state index in [4.69, 9.17) is 17.0 Å². The molecule has 1 aromatic carbocycles. The van der Waals surface area contributed by atoms with Crippen LogP contribution in [0.2, 0.25) is 0 Å². The summed E-state index contributed by atoms with van der Waals surface area (Å²) in [5.41, 5.74) is 5.24. The lowest BCUT2D eigenvalue weighted by Gasteiger charge is -2.28. The summed E-state index contributed by atoms with van der Waals surface area (Å²) in [7, 11) is 0. The maximum Gasteiger partial charge on any atom is 0.174 e. The van der Waals surface area contributed by atoms with Gasteiger partial charge in [-0.05, 0) is 82.4 Å². The van der Waals surface area contributed by atoms with Gasteiger partial charge in [0.15, 0.2) is 5.11 Å². The van der Waals surface area contributed by atoms with Gasteiger partial charge in [-0.2, -0.15) is 0 Å². The zero-order valence-corrected chi connectivity index (χ0v) is 20.4. The molecule has 0 aliphatic carbocycles. The summed E-state index contributed by atoms with van der Waals surface area (Å²) in [4.78, 5) is 6.83. The summed E-state index contributed by atoms with van der Waals surface area (Å²) < 4.78 is 9.83. The SMILES string of the molecule is Cc1cc([C@@H]2[C@H](c3ccccn3)NC(=S)N2c2ccc(OC(C)C)cc2)c(C)n1-n1cnnc1. The molecule has 0 bridgehead atoms. The molecular weight excluding hydrogens is 446 g/mol. The minimum absolute atomic E-state index is 0.101. The van der Waals surface area contributed by atoms with Crippen molar-refractivity contribution in [1.29, 1.82) is 0 Å². The molecule has 1 fully saturated rings. The summed E-state index contributed by atoms with van der Waals surface area (Å²) in [5, 5.41) is 12.1. The third kappa shape index (κ3) is 3.92. The third-order valence-corrected chi connectivity index (χ3v) is 6.29. The molecule has 34 heavy (non-hydrogen) atoms. The van der Waals surface area contributed by atoms with Gasteiger partial charge in [0.05, 0.1) is 23.9 Å². The lowest BCUT2D eigenvalue weighted by atomic mass is 9.96. The van der Waals surface area contributed by atoms with Crippen molar-refractivity contribution in [3.63, 3.8) is 0 Å². The van der Waals surface area contributed by atoms with Gasteiger partial charge in [0.25, 0.3) is 0 Å². The van der Waals surface area contributed by atoms with Crippen LogP contribution in [-0.2, 0) is 0 Å². The van der Waals surface area contributed by atoms with Crippen LogP contribution < -0.4 is 15.0 Å². The fourth-order valence-corrected chi connectivity index (χ4v) is 4.98. The third-order valence-electron chi connectivity index (χ3n) is 5.97. The van der Waals surface area contributed by atoms with Gasteiger partial charge in [0, 0.05) is 28.8 Å². The second-order valence-corrected chi connectivity index (χ2v) is 9.02.